The van der Waals surface area contributed by atoms with Gasteiger partial charge in [0.2, 0.25) is 0 Å². The second-order valence-corrected chi connectivity index (χ2v) is 2.73. The molecule has 0 radical (unpaired) electrons. The fraction of sp³-hybridized carbons (Fsp3) is 0.125. The first-order valence-corrected chi connectivity index (χ1v) is 3.67. The first kappa shape index (κ1) is 7.55. The van der Waals surface area contributed by atoms with Gasteiger partial charge in [0.1, 0.15) is 11.6 Å². The molecule has 2 rings (SSSR count). The van der Waals surface area contributed by atoms with Crippen LogP contribution in [0.4, 0.5) is 0 Å². The molecule has 0 unspecified atom stereocenters. The maximum absolute atomic E-state index is 11.3. The number of nitrogens with zero attached hydrogens (tertiary/aromatic N) is 3. The Morgan fingerprint density at radius 3 is 3.15 bits per heavy atom. The molecule has 0 saturated heterocycles. The summed E-state index contributed by atoms with van der Waals surface area (Å²) in [6.45, 7) is 0. The molecule has 5 heteroatoms. The zero-order chi connectivity index (χ0) is 9.42. The molecule has 0 fully saturated rings. The molecule has 0 aromatic carbocycles. The van der Waals surface area contributed by atoms with Crippen LogP contribution in [0.15, 0.2) is 17.2 Å². The van der Waals surface area contributed by atoms with Crippen molar-refractivity contribution in [2.45, 2.75) is 0 Å². The van der Waals surface area contributed by atoms with Crippen molar-refractivity contribution in [2.24, 2.45) is 7.05 Å². The number of H-pyrrole nitrogens is 1. The van der Waals surface area contributed by atoms with Crippen molar-refractivity contribution in [1.82, 2.24) is 14.8 Å². The molecule has 0 bridgehead atoms. The third-order valence-electron chi connectivity index (χ3n) is 1.92. The Morgan fingerprint density at radius 2 is 2.46 bits per heavy atom. The van der Waals surface area contributed by atoms with E-state index in [-0.39, 0.29) is 5.56 Å². The van der Waals surface area contributed by atoms with Crippen LogP contribution >= 0.6 is 0 Å². The highest BCUT2D eigenvalue weighted by molar-refractivity contribution is 5.84. The van der Waals surface area contributed by atoms with Crippen molar-refractivity contribution < 1.29 is 0 Å². The Kier molecular flexibility index (Phi) is 1.43. The maximum atomic E-state index is 11.3. The average Bonchev–Trinajstić information content (AvgIpc) is 2.44. The van der Waals surface area contributed by atoms with Crippen molar-refractivity contribution in [3.05, 3.63) is 28.3 Å². The van der Waals surface area contributed by atoms with E-state index in [9.17, 15) is 4.79 Å². The van der Waals surface area contributed by atoms with Crippen LogP contribution < -0.4 is 5.56 Å². The fourth-order valence-corrected chi connectivity index (χ4v) is 1.36. The topological polar surface area (TPSA) is 74.5 Å². The molecule has 5 nitrogen and oxygen atoms in total. The van der Waals surface area contributed by atoms with Gasteiger partial charge in [0.15, 0.2) is 0 Å². The molecule has 2 heterocycles. The van der Waals surface area contributed by atoms with E-state index >= 15 is 0 Å². The summed E-state index contributed by atoms with van der Waals surface area (Å²) < 4.78 is 1.62. The zero-order valence-electron chi connectivity index (χ0n) is 6.90. The summed E-state index contributed by atoms with van der Waals surface area (Å²) >= 11 is 0. The fourth-order valence-electron chi connectivity index (χ4n) is 1.36. The lowest BCUT2D eigenvalue weighted by Crippen LogP contribution is -2.09. The lowest BCUT2D eigenvalue weighted by molar-refractivity contribution is 0.934. The average molecular weight is 174 g/mol. The van der Waals surface area contributed by atoms with Crippen LogP contribution in [0.5, 0.6) is 0 Å². The SMILES string of the molecule is Cn1cc(C#N)c2cn[nH]c(=O)c21. The minimum Gasteiger partial charge on any atom is -0.345 e. The zero-order valence-corrected chi connectivity index (χ0v) is 6.90. The Labute approximate surface area is 73.2 Å². The molecule has 0 aliphatic heterocycles. The van der Waals surface area contributed by atoms with Crippen LogP contribution in [-0.4, -0.2) is 14.8 Å². The molecule has 2 aromatic heterocycles. The number of fused-ring (bicyclic) bond motifs is 1. The summed E-state index contributed by atoms with van der Waals surface area (Å²) in [6, 6.07) is 2.00. The Bertz CT molecular complexity index is 558. The molecule has 0 spiro atoms. The number of aromatic nitrogens is 3. The Morgan fingerprint density at radius 1 is 1.69 bits per heavy atom. The highest BCUT2D eigenvalue weighted by Crippen LogP contribution is 2.13. The van der Waals surface area contributed by atoms with Gasteiger partial charge in [-0.25, -0.2) is 5.10 Å². The maximum Gasteiger partial charge on any atom is 0.288 e. The number of aromatic amines is 1. The quantitative estimate of drug-likeness (QED) is 0.617. The largest absolute Gasteiger partial charge is 0.345 e. The predicted molar refractivity (Wildman–Crippen MR) is 46.0 cm³/mol. The van der Waals surface area contributed by atoms with Crippen LogP contribution in [0.25, 0.3) is 10.9 Å². The second-order valence-electron chi connectivity index (χ2n) is 2.73. The van der Waals surface area contributed by atoms with Crippen LogP contribution in [0.1, 0.15) is 5.56 Å². The molecular weight excluding hydrogens is 168 g/mol. The molecule has 0 aliphatic carbocycles. The van der Waals surface area contributed by atoms with Gasteiger partial charge in [0, 0.05) is 18.6 Å². The third-order valence-corrected chi connectivity index (χ3v) is 1.92. The van der Waals surface area contributed by atoms with Crippen LogP contribution in [0.3, 0.4) is 0 Å². The van der Waals surface area contributed by atoms with Gasteiger partial charge in [-0.05, 0) is 0 Å². The van der Waals surface area contributed by atoms with E-state index in [0.29, 0.717) is 16.5 Å². The lowest BCUT2D eigenvalue weighted by atomic mass is 10.2. The van der Waals surface area contributed by atoms with Gasteiger partial charge in [-0.15, -0.1) is 0 Å². The van der Waals surface area contributed by atoms with E-state index in [2.05, 4.69) is 10.2 Å². The van der Waals surface area contributed by atoms with Gasteiger partial charge in [-0.3, -0.25) is 4.79 Å². The molecular formula is C8H6N4O. The van der Waals surface area contributed by atoms with Gasteiger partial charge < -0.3 is 4.57 Å². The lowest BCUT2D eigenvalue weighted by Gasteiger charge is -1.91. The molecule has 0 aliphatic rings. The monoisotopic (exact) mass is 174 g/mol. The Hall–Kier alpha value is -2.09. The van der Waals surface area contributed by atoms with Crippen LogP contribution in [0.2, 0.25) is 0 Å². The smallest absolute Gasteiger partial charge is 0.288 e. The standard InChI is InChI=1S/C8H6N4O/c1-12-4-5(2-9)6-3-10-11-8(13)7(6)12/h3-4H,1H3,(H,11,13). The normalized spacial score (nSPS) is 10.2. The summed E-state index contributed by atoms with van der Waals surface area (Å²) in [5.74, 6) is 0. The van der Waals surface area contributed by atoms with Crippen molar-refractivity contribution in [1.29, 1.82) is 5.26 Å². The first-order valence-electron chi connectivity index (χ1n) is 3.67. The molecule has 1 N–H and O–H groups in total. The van der Waals surface area contributed by atoms with Gasteiger partial charge in [-0.1, -0.05) is 0 Å². The van der Waals surface area contributed by atoms with E-state index in [1.807, 2.05) is 6.07 Å². The third kappa shape index (κ3) is 0.924. The van der Waals surface area contributed by atoms with E-state index in [4.69, 9.17) is 5.26 Å². The number of nitriles is 1. The summed E-state index contributed by atoms with van der Waals surface area (Å²) in [5, 5.41) is 15.3. The van der Waals surface area contributed by atoms with E-state index in [1.165, 1.54) is 6.20 Å². The van der Waals surface area contributed by atoms with Crippen molar-refractivity contribution >= 4 is 10.9 Å². The van der Waals surface area contributed by atoms with Gasteiger partial charge >= 0.3 is 0 Å². The van der Waals surface area contributed by atoms with Crippen LogP contribution in [0, 0.1) is 11.3 Å². The molecule has 0 atom stereocenters. The molecule has 2 aromatic rings. The second kappa shape index (κ2) is 2.45. The summed E-state index contributed by atoms with van der Waals surface area (Å²) in [7, 11) is 1.72. The van der Waals surface area contributed by atoms with Crippen molar-refractivity contribution in [3.8, 4) is 6.07 Å². The number of rotatable bonds is 0. The summed E-state index contributed by atoms with van der Waals surface area (Å²) in [4.78, 5) is 11.3. The van der Waals surface area contributed by atoms with Gasteiger partial charge in [0.05, 0.1) is 11.8 Å². The summed E-state index contributed by atoms with van der Waals surface area (Å²) in [6.07, 6.45) is 3.09. The molecule has 64 valence electrons. The van der Waals surface area contributed by atoms with Crippen molar-refractivity contribution in [2.75, 3.05) is 0 Å². The van der Waals surface area contributed by atoms with Crippen LogP contribution in [-0.2, 0) is 7.05 Å². The minimum absolute atomic E-state index is 0.276. The summed E-state index contributed by atoms with van der Waals surface area (Å²) in [5.41, 5.74) is 0.671. The van der Waals surface area contributed by atoms with Gasteiger partial charge in [0.25, 0.3) is 5.56 Å². The number of aryl methyl sites for hydroxylation is 1. The highest BCUT2D eigenvalue weighted by Gasteiger charge is 2.08. The van der Waals surface area contributed by atoms with Crippen molar-refractivity contribution in [3.63, 3.8) is 0 Å². The first-order chi connectivity index (χ1) is 6.24. The number of nitrogens with one attached hydrogen (secondary N) is 1. The van der Waals surface area contributed by atoms with E-state index in [0.717, 1.165) is 0 Å². The number of hydrogen-bond donors (Lipinski definition) is 1. The predicted octanol–water partition coefficient (Wildman–Crippen LogP) is 0.133. The highest BCUT2D eigenvalue weighted by atomic mass is 16.1. The van der Waals surface area contributed by atoms with E-state index in [1.54, 1.807) is 17.8 Å². The Balaban J connectivity index is 3.07. The molecule has 13 heavy (non-hydrogen) atoms. The minimum atomic E-state index is -0.276. The number of hydrogen-bond acceptors (Lipinski definition) is 3. The van der Waals surface area contributed by atoms with Gasteiger partial charge in [-0.2, -0.15) is 10.4 Å². The molecule has 0 amide bonds. The van der Waals surface area contributed by atoms with E-state index < -0.39 is 0 Å². The molecule has 0 saturated carbocycles.